The van der Waals surface area contributed by atoms with Gasteiger partial charge in [0.05, 0.1) is 0 Å². The van der Waals surface area contributed by atoms with Crippen molar-refractivity contribution in [3.63, 3.8) is 0 Å². The zero-order valence-corrected chi connectivity index (χ0v) is 16.3. The first-order valence-electron chi connectivity index (χ1n) is 10.3. The van der Waals surface area contributed by atoms with Crippen LogP contribution in [0.15, 0.2) is 54.6 Å². The van der Waals surface area contributed by atoms with E-state index in [2.05, 4.69) is 27.2 Å². The van der Waals surface area contributed by atoms with Crippen molar-refractivity contribution in [2.24, 2.45) is 0 Å². The molecule has 148 valence electrons. The highest BCUT2D eigenvalue weighted by Gasteiger charge is 2.26. The highest BCUT2D eigenvalue weighted by molar-refractivity contribution is 5.84. The van der Waals surface area contributed by atoms with Crippen LogP contribution >= 0.6 is 0 Å². The molecule has 5 nitrogen and oxygen atoms in total. The van der Waals surface area contributed by atoms with E-state index in [9.17, 15) is 4.79 Å². The second kappa shape index (κ2) is 9.11. The maximum Gasteiger partial charge on any atom is 0.411 e. The van der Waals surface area contributed by atoms with Gasteiger partial charge in [0, 0.05) is 43.6 Å². The van der Waals surface area contributed by atoms with Crippen LogP contribution in [0, 0.1) is 0 Å². The van der Waals surface area contributed by atoms with E-state index >= 15 is 0 Å². The van der Waals surface area contributed by atoms with E-state index in [1.165, 1.54) is 31.4 Å². The Labute approximate surface area is 167 Å². The van der Waals surface area contributed by atoms with Gasteiger partial charge in [-0.05, 0) is 42.7 Å². The van der Waals surface area contributed by atoms with Crippen LogP contribution in [0.2, 0.25) is 0 Å². The Kier molecular flexibility index (Phi) is 6.12. The number of ether oxygens (including phenoxy) is 1. The summed E-state index contributed by atoms with van der Waals surface area (Å²) in [5, 5.41) is 2.80. The van der Waals surface area contributed by atoms with Gasteiger partial charge in [0.2, 0.25) is 0 Å². The molecule has 4 rings (SSSR count). The number of carbonyl (C=O) groups excluding carboxylic acids is 1. The SMILES string of the molecule is O=C(Nc1ccc(N2CCN(C3CCCC3)CC2)cc1)OCc1ccccc1. The number of hydrogen-bond acceptors (Lipinski definition) is 4. The Morgan fingerprint density at radius 2 is 1.61 bits per heavy atom. The van der Waals surface area contributed by atoms with E-state index in [0.29, 0.717) is 0 Å². The fraction of sp³-hybridized carbons (Fsp3) is 0.435. The van der Waals surface area contributed by atoms with Crippen LogP contribution in [0.25, 0.3) is 0 Å². The minimum atomic E-state index is -0.429. The highest BCUT2D eigenvalue weighted by Crippen LogP contribution is 2.26. The average Bonchev–Trinajstić information content (AvgIpc) is 3.29. The normalized spacial score (nSPS) is 18.2. The summed E-state index contributed by atoms with van der Waals surface area (Å²) in [4.78, 5) is 17.1. The second-order valence-electron chi connectivity index (χ2n) is 7.69. The standard InChI is InChI=1S/C23H29N3O2/c27-23(28-18-19-6-2-1-3-7-19)24-20-10-12-22(13-11-20)26-16-14-25(15-17-26)21-8-4-5-9-21/h1-3,6-7,10-13,21H,4-5,8-9,14-18H2,(H,24,27). The number of nitrogens with one attached hydrogen (secondary N) is 1. The first-order chi connectivity index (χ1) is 13.8. The molecule has 1 aliphatic heterocycles. The maximum atomic E-state index is 12.0. The van der Waals surface area contributed by atoms with Crippen LogP contribution in [0.5, 0.6) is 0 Å². The number of piperazine rings is 1. The lowest BCUT2D eigenvalue weighted by molar-refractivity contribution is 0.155. The number of amides is 1. The molecule has 5 heteroatoms. The molecule has 0 bridgehead atoms. The van der Waals surface area contributed by atoms with Gasteiger partial charge in [-0.15, -0.1) is 0 Å². The van der Waals surface area contributed by atoms with Crippen LogP contribution in [0.1, 0.15) is 31.2 Å². The first kappa shape index (κ1) is 18.8. The van der Waals surface area contributed by atoms with Gasteiger partial charge in [0.15, 0.2) is 0 Å². The lowest BCUT2D eigenvalue weighted by atomic mass is 10.1. The van der Waals surface area contributed by atoms with Crippen LogP contribution in [0.4, 0.5) is 16.2 Å². The summed E-state index contributed by atoms with van der Waals surface area (Å²) in [6.07, 6.45) is 5.11. The zero-order valence-electron chi connectivity index (χ0n) is 16.3. The molecule has 1 aliphatic carbocycles. The van der Waals surface area contributed by atoms with Gasteiger partial charge >= 0.3 is 6.09 Å². The number of hydrogen-bond donors (Lipinski definition) is 1. The third-order valence-corrected chi connectivity index (χ3v) is 5.85. The molecule has 1 saturated carbocycles. The molecule has 1 heterocycles. The quantitative estimate of drug-likeness (QED) is 0.831. The number of anilines is 2. The molecular weight excluding hydrogens is 350 g/mol. The molecule has 0 spiro atoms. The summed E-state index contributed by atoms with van der Waals surface area (Å²) >= 11 is 0. The van der Waals surface area contributed by atoms with Crippen molar-refractivity contribution in [2.75, 3.05) is 36.4 Å². The Balaban J connectivity index is 1.24. The molecule has 0 aromatic heterocycles. The van der Waals surface area contributed by atoms with Gasteiger partial charge in [-0.2, -0.15) is 0 Å². The molecule has 2 aromatic rings. The lowest BCUT2D eigenvalue weighted by Gasteiger charge is -2.39. The minimum absolute atomic E-state index is 0.274. The summed E-state index contributed by atoms with van der Waals surface area (Å²) in [7, 11) is 0. The van der Waals surface area contributed by atoms with Gasteiger partial charge in [0.25, 0.3) is 0 Å². The summed E-state index contributed by atoms with van der Waals surface area (Å²) < 4.78 is 5.27. The fourth-order valence-corrected chi connectivity index (χ4v) is 4.25. The van der Waals surface area contributed by atoms with Crippen molar-refractivity contribution in [3.8, 4) is 0 Å². The molecule has 1 N–H and O–H groups in total. The number of nitrogens with zero attached hydrogens (tertiary/aromatic N) is 2. The van der Waals surface area contributed by atoms with E-state index in [0.717, 1.165) is 43.5 Å². The summed E-state index contributed by atoms with van der Waals surface area (Å²) in [6, 6.07) is 18.6. The summed E-state index contributed by atoms with van der Waals surface area (Å²) in [6.45, 7) is 4.72. The van der Waals surface area contributed by atoms with Crippen LogP contribution in [-0.4, -0.2) is 43.2 Å². The van der Waals surface area contributed by atoms with Crippen LogP contribution in [-0.2, 0) is 11.3 Å². The Morgan fingerprint density at radius 3 is 2.29 bits per heavy atom. The molecule has 1 saturated heterocycles. The van der Waals surface area contributed by atoms with E-state index in [-0.39, 0.29) is 6.61 Å². The molecule has 0 radical (unpaired) electrons. The number of benzene rings is 2. The van der Waals surface area contributed by atoms with Crippen molar-refractivity contribution in [3.05, 3.63) is 60.2 Å². The molecule has 0 unspecified atom stereocenters. The molecule has 2 aromatic carbocycles. The summed E-state index contributed by atoms with van der Waals surface area (Å²) in [5.74, 6) is 0. The van der Waals surface area contributed by atoms with Crippen LogP contribution in [0.3, 0.4) is 0 Å². The number of carbonyl (C=O) groups is 1. The monoisotopic (exact) mass is 379 g/mol. The minimum Gasteiger partial charge on any atom is -0.444 e. The average molecular weight is 380 g/mol. The predicted octanol–water partition coefficient (Wildman–Crippen LogP) is 4.50. The van der Waals surface area contributed by atoms with Gasteiger partial charge in [0.1, 0.15) is 6.61 Å². The third-order valence-electron chi connectivity index (χ3n) is 5.85. The van der Waals surface area contributed by atoms with E-state index in [1.54, 1.807) is 0 Å². The Morgan fingerprint density at radius 1 is 0.929 bits per heavy atom. The van der Waals surface area contributed by atoms with Crippen molar-refractivity contribution in [1.29, 1.82) is 0 Å². The van der Waals surface area contributed by atoms with Crippen molar-refractivity contribution in [2.45, 2.75) is 38.3 Å². The Bertz CT molecular complexity index is 749. The van der Waals surface area contributed by atoms with Crippen molar-refractivity contribution in [1.82, 2.24) is 4.90 Å². The number of rotatable bonds is 5. The zero-order chi connectivity index (χ0) is 19.2. The molecule has 28 heavy (non-hydrogen) atoms. The van der Waals surface area contributed by atoms with Gasteiger partial charge in [-0.3, -0.25) is 10.2 Å². The van der Waals surface area contributed by atoms with E-state index in [1.807, 2.05) is 42.5 Å². The summed E-state index contributed by atoms with van der Waals surface area (Å²) in [5.41, 5.74) is 2.95. The first-order valence-corrected chi connectivity index (χ1v) is 10.3. The smallest absolute Gasteiger partial charge is 0.411 e. The molecule has 2 fully saturated rings. The fourth-order valence-electron chi connectivity index (χ4n) is 4.25. The van der Waals surface area contributed by atoms with Crippen molar-refractivity contribution >= 4 is 17.5 Å². The molecule has 0 atom stereocenters. The van der Waals surface area contributed by atoms with Gasteiger partial charge in [-0.1, -0.05) is 43.2 Å². The van der Waals surface area contributed by atoms with Gasteiger partial charge < -0.3 is 9.64 Å². The van der Waals surface area contributed by atoms with E-state index in [4.69, 9.17) is 4.74 Å². The largest absolute Gasteiger partial charge is 0.444 e. The third kappa shape index (κ3) is 4.84. The predicted molar refractivity (Wildman–Crippen MR) is 113 cm³/mol. The maximum absolute atomic E-state index is 12.0. The molecular formula is C23H29N3O2. The lowest BCUT2D eigenvalue weighted by Crippen LogP contribution is -2.49. The van der Waals surface area contributed by atoms with E-state index < -0.39 is 6.09 Å². The van der Waals surface area contributed by atoms with Crippen LogP contribution < -0.4 is 10.2 Å². The second-order valence-corrected chi connectivity index (χ2v) is 7.69. The molecule has 1 amide bonds. The topological polar surface area (TPSA) is 44.8 Å². The highest BCUT2D eigenvalue weighted by atomic mass is 16.5. The Hall–Kier alpha value is -2.53. The van der Waals surface area contributed by atoms with Gasteiger partial charge in [-0.25, -0.2) is 4.79 Å². The molecule has 2 aliphatic rings. The van der Waals surface area contributed by atoms with Crippen molar-refractivity contribution < 1.29 is 9.53 Å².